The molecular weight excluding hydrogens is 394 g/mol. The van der Waals surface area contributed by atoms with Gasteiger partial charge in [0.1, 0.15) is 25.4 Å². The van der Waals surface area contributed by atoms with Gasteiger partial charge >= 0.3 is 0 Å². The minimum atomic E-state index is -0.173. The van der Waals surface area contributed by atoms with E-state index in [2.05, 4.69) is 15.4 Å². The molecular formula is C20H20ClN5O3. The molecule has 3 aromatic rings. The molecule has 1 atom stereocenters. The molecule has 1 aliphatic rings. The number of likely N-dealkylation sites (N-methyl/N-ethyl adjacent to an activating group) is 1. The van der Waals surface area contributed by atoms with Crippen LogP contribution in [0.2, 0.25) is 5.02 Å². The van der Waals surface area contributed by atoms with Gasteiger partial charge in [-0.15, -0.1) is 0 Å². The van der Waals surface area contributed by atoms with Crippen LogP contribution in [0.15, 0.2) is 55.1 Å². The van der Waals surface area contributed by atoms with Crippen molar-refractivity contribution >= 4 is 23.2 Å². The van der Waals surface area contributed by atoms with Crippen LogP contribution in [0, 0.1) is 0 Å². The number of para-hydroxylation sites is 2. The number of halogens is 1. The average molecular weight is 414 g/mol. The summed E-state index contributed by atoms with van der Waals surface area (Å²) in [4.78, 5) is 18.4. The van der Waals surface area contributed by atoms with Crippen molar-refractivity contribution in [1.82, 2.24) is 19.7 Å². The van der Waals surface area contributed by atoms with Crippen LogP contribution in [0.3, 0.4) is 0 Å². The Kier molecular flexibility index (Phi) is 5.64. The van der Waals surface area contributed by atoms with Crippen molar-refractivity contribution in [2.75, 3.05) is 32.1 Å². The molecule has 8 nitrogen and oxygen atoms in total. The van der Waals surface area contributed by atoms with E-state index >= 15 is 0 Å². The average Bonchev–Trinajstić information content (AvgIpc) is 3.22. The maximum atomic E-state index is 12.6. The molecule has 0 aliphatic carbocycles. The van der Waals surface area contributed by atoms with Gasteiger partial charge in [0, 0.05) is 11.6 Å². The third-order valence-corrected chi connectivity index (χ3v) is 4.63. The van der Waals surface area contributed by atoms with E-state index in [9.17, 15) is 4.79 Å². The van der Waals surface area contributed by atoms with Crippen LogP contribution in [-0.4, -0.2) is 58.4 Å². The number of hydrogen-bond acceptors (Lipinski definition) is 6. The fourth-order valence-electron chi connectivity index (χ4n) is 3.14. The van der Waals surface area contributed by atoms with E-state index in [-0.39, 0.29) is 18.6 Å². The summed E-state index contributed by atoms with van der Waals surface area (Å²) >= 11 is 6.10. The Bertz CT molecular complexity index is 996. The molecule has 2 aromatic carbocycles. The highest BCUT2D eigenvalue weighted by molar-refractivity contribution is 6.31. The zero-order chi connectivity index (χ0) is 20.2. The summed E-state index contributed by atoms with van der Waals surface area (Å²) in [6.07, 6.45) is 2.83. The Hall–Kier alpha value is -3.10. The standard InChI is InChI=1S/C20H20ClN5O3/c1-25(9-15-11-28-18-4-2-3-5-19(18)29-15)10-20(27)24-16-8-14(21)6-7-17(16)26-13-22-12-23-26/h2-8,12-13,15H,9-11H2,1H3,(H,24,27)/t15-/m1/s1. The molecule has 0 saturated heterocycles. The number of aromatic nitrogens is 3. The van der Waals surface area contributed by atoms with Gasteiger partial charge < -0.3 is 14.8 Å². The maximum Gasteiger partial charge on any atom is 0.238 e. The van der Waals surface area contributed by atoms with Crippen molar-refractivity contribution in [3.63, 3.8) is 0 Å². The highest BCUT2D eigenvalue weighted by atomic mass is 35.5. The molecule has 0 bridgehead atoms. The monoisotopic (exact) mass is 413 g/mol. The fourth-order valence-corrected chi connectivity index (χ4v) is 3.31. The molecule has 1 amide bonds. The smallest absolute Gasteiger partial charge is 0.238 e. The summed E-state index contributed by atoms with van der Waals surface area (Å²) in [7, 11) is 1.86. The Balaban J connectivity index is 1.36. The van der Waals surface area contributed by atoms with Crippen LogP contribution in [0.25, 0.3) is 5.69 Å². The van der Waals surface area contributed by atoms with E-state index in [1.807, 2.05) is 36.2 Å². The SMILES string of the molecule is CN(CC(=O)Nc1cc(Cl)ccc1-n1cncn1)C[C@@H]1COc2ccccc2O1. The first kappa shape index (κ1) is 19.2. The minimum absolute atomic E-state index is 0.153. The number of rotatable bonds is 6. The number of nitrogens with one attached hydrogen (secondary N) is 1. The topological polar surface area (TPSA) is 81.5 Å². The number of carbonyl (C=O) groups is 1. The Labute approximate surface area is 173 Å². The molecule has 1 aliphatic heterocycles. The van der Waals surface area contributed by atoms with Crippen molar-refractivity contribution in [1.29, 1.82) is 0 Å². The highest BCUT2D eigenvalue weighted by Crippen LogP contribution is 2.31. The van der Waals surface area contributed by atoms with Gasteiger partial charge in [-0.25, -0.2) is 9.67 Å². The summed E-state index contributed by atoms with van der Waals surface area (Å²) < 4.78 is 13.2. The van der Waals surface area contributed by atoms with Crippen LogP contribution in [0.1, 0.15) is 0 Å². The largest absolute Gasteiger partial charge is 0.486 e. The second-order valence-electron chi connectivity index (χ2n) is 6.74. The number of nitrogens with zero attached hydrogens (tertiary/aromatic N) is 4. The Morgan fingerprint density at radius 3 is 2.93 bits per heavy atom. The zero-order valence-electron chi connectivity index (χ0n) is 15.8. The minimum Gasteiger partial charge on any atom is -0.486 e. The molecule has 9 heteroatoms. The fraction of sp³-hybridized carbons (Fsp3) is 0.250. The van der Waals surface area contributed by atoms with E-state index in [4.69, 9.17) is 21.1 Å². The molecule has 1 N–H and O–H groups in total. The summed E-state index contributed by atoms with van der Waals surface area (Å²) in [5, 5.41) is 7.53. The molecule has 4 rings (SSSR count). The highest BCUT2D eigenvalue weighted by Gasteiger charge is 2.23. The van der Waals surface area contributed by atoms with E-state index < -0.39 is 0 Å². The van der Waals surface area contributed by atoms with Crippen molar-refractivity contribution in [3.05, 3.63) is 60.1 Å². The lowest BCUT2D eigenvalue weighted by Crippen LogP contribution is -2.42. The van der Waals surface area contributed by atoms with Crippen molar-refractivity contribution < 1.29 is 14.3 Å². The van der Waals surface area contributed by atoms with Crippen LogP contribution in [0.5, 0.6) is 11.5 Å². The molecule has 2 heterocycles. The molecule has 0 radical (unpaired) electrons. The van der Waals surface area contributed by atoms with Gasteiger partial charge in [-0.2, -0.15) is 5.10 Å². The molecule has 0 spiro atoms. The van der Waals surface area contributed by atoms with Crippen LogP contribution in [-0.2, 0) is 4.79 Å². The number of ether oxygens (including phenoxy) is 2. The van der Waals surface area contributed by atoms with Crippen LogP contribution >= 0.6 is 11.6 Å². The number of benzene rings is 2. The van der Waals surface area contributed by atoms with E-state index in [0.29, 0.717) is 29.5 Å². The first-order valence-electron chi connectivity index (χ1n) is 9.10. The number of anilines is 1. The lowest BCUT2D eigenvalue weighted by atomic mass is 10.2. The van der Waals surface area contributed by atoms with Crippen molar-refractivity contribution in [2.24, 2.45) is 0 Å². The summed E-state index contributed by atoms with van der Waals surface area (Å²) in [5.41, 5.74) is 1.25. The van der Waals surface area contributed by atoms with Crippen molar-refractivity contribution in [2.45, 2.75) is 6.10 Å². The van der Waals surface area contributed by atoms with Crippen LogP contribution < -0.4 is 14.8 Å². The summed E-state index contributed by atoms with van der Waals surface area (Å²) in [5.74, 6) is 1.29. The molecule has 0 unspecified atom stereocenters. The first-order chi connectivity index (χ1) is 14.1. The van der Waals surface area contributed by atoms with E-state index in [1.165, 1.54) is 6.33 Å². The van der Waals surface area contributed by atoms with Gasteiger partial charge in [0.05, 0.1) is 17.9 Å². The molecule has 1 aromatic heterocycles. The zero-order valence-corrected chi connectivity index (χ0v) is 16.5. The van der Waals surface area contributed by atoms with Crippen LogP contribution in [0.4, 0.5) is 5.69 Å². The quantitative estimate of drug-likeness (QED) is 0.669. The Morgan fingerprint density at radius 2 is 2.14 bits per heavy atom. The van der Waals surface area contributed by atoms with Gasteiger partial charge in [0.15, 0.2) is 11.5 Å². The second-order valence-corrected chi connectivity index (χ2v) is 7.18. The lowest BCUT2D eigenvalue weighted by molar-refractivity contribution is -0.117. The second kappa shape index (κ2) is 8.50. The summed E-state index contributed by atoms with van der Waals surface area (Å²) in [6.45, 7) is 1.17. The van der Waals surface area contributed by atoms with E-state index in [1.54, 1.807) is 29.2 Å². The van der Waals surface area contributed by atoms with Crippen molar-refractivity contribution in [3.8, 4) is 17.2 Å². The molecule has 150 valence electrons. The van der Waals surface area contributed by atoms with Gasteiger partial charge in [-0.05, 0) is 37.4 Å². The Morgan fingerprint density at radius 1 is 1.31 bits per heavy atom. The number of fused-ring (bicyclic) bond motifs is 1. The number of hydrogen-bond donors (Lipinski definition) is 1. The number of carbonyl (C=O) groups excluding carboxylic acids is 1. The first-order valence-corrected chi connectivity index (χ1v) is 9.48. The predicted molar refractivity (Wildman–Crippen MR) is 109 cm³/mol. The predicted octanol–water partition coefficient (Wildman–Crippen LogP) is 2.63. The van der Waals surface area contributed by atoms with Gasteiger partial charge in [-0.3, -0.25) is 9.69 Å². The normalized spacial score (nSPS) is 15.3. The maximum absolute atomic E-state index is 12.6. The van der Waals surface area contributed by atoms with Gasteiger partial charge in [0.25, 0.3) is 0 Å². The molecule has 0 fully saturated rings. The number of amides is 1. The third kappa shape index (κ3) is 4.67. The molecule has 29 heavy (non-hydrogen) atoms. The van der Waals surface area contributed by atoms with Gasteiger partial charge in [0.2, 0.25) is 5.91 Å². The lowest BCUT2D eigenvalue weighted by Gasteiger charge is -2.29. The van der Waals surface area contributed by atoms with Gasteiger partial charge in [-0.1, -0.05) is 23.7 Å². The molecule has 0 saturated carbocycles. The van der Waals surface area contributed by atoms with E-state index in [0.717, 1.165) is 11.5 Å². The third-order valence-electron chi connectivity index (χ3n) is 4.39. The summed E-state index contributed by atoms with van der Waals surface area (Å²) in [6, 6.07) is 12.8.